The molecule has 1 saturated carbocycles. The SMILES string of the molecule is [C-]#[N+]c1ccc2c(c1)-c1c(-c3ccc(-c4ccc(-c5cccc(-c6nc(-c7ccccc7)nc(-c7ccc(-c8cccnc8)cc7)n6)c5)cc4)cc3)cccc1C21CCCCC1. The topological polar surface area (TPSA) is 55.9 Å². The van der Waals surface area contributed by atoms with Crippen LogP contribution in [-0.2, 0) is 5.41 Å². The molecule has 0 N–H and O–H groups in total. The first-order chi connectivity index (χ1) is 30.6. The molecule has 0 atom stereocenters. The predicted octanol–water partition coefficient (Wildman–Crippen LogP) is 14.7. The number of rotatable bonds is 7. The van der Waals surface area contributed by atoms with Crippen LogP contribution in [0.3, 0.4) is 0 Å². The van der Waals surface area contributed by atoms with E-state index in [2.05, 4.69) is 143 Å². The van der Waals surface area contributed by atoms with Gasteiger partial charge in [-0.25, -0.2) is 19.8 Å². The second kappa shape index (κ2) is 15.7. The van der Waals surface area contributed by atoms with Gasteiger partial charge in [-0.3, -0.25) is 4.98 Å². The van der Waals surface area contributed by atoms with Crippen molar-refractivity contribution in [2.24, 2.45) is 0 Å². The summed E-state index contributed by atoms with van der Waals surface area (Å²) in [4.78, 5) is 23.1. The van der Waals surface area contributed by atoms with E-state index in [9.17, 15) is 0 Å². The van der Waals surface area contributed by atoms with Gasteiger partial charge in [-0.1, -0.05) is 177 Å². The molecule has 0 amide bonds. The van der Waals surface area contributed by atoms with Crippen LogP contribution in [0.15, 0.2) is 188 Å². The fraction of sp³-hybridized carbons (Fsp3) is 0.105. The number of pyridine rings is 1. The quantitative estimate of drug-likeness (QED) is 0.151. The van der Waals surface area contributed by atoms with Gasteiger partial charge in [0, 0.05) is 34.5 Å². The molecule has 62 heavy (non-hydrogen) atoms. The van der Waals surface area contributed by atoms with Gasteiger partial charge in [0.2, 0.25) is 0 Å². The monoisotopic (exact) mass is 795 g/mol. The van der Waals surface area contributed by atoms with Crippen LogP contribution in [0.4, 0.5) is 5.69 Å². The largest absolute Gasteiger partial charge is 0.264 e. The van der Waals surface area contributed by atoms with Gasteiger partial charge in [0.15, 0.2) is 23.2 Å². The van der Waals surface area contributed by atoms with E-state index in [4.69, 9.17) is 21.5 Å². The molecule has 5 nitrogen and oxygen atoms in total. The average Bonchev–Trinajstić information content (AvgIpc) is 3.62. The minimum absolute atomic E-state index is 0.0499. The third kappa shape index (κ3) is 6.67. The molecule has 2 heterocycles. The molecule has 0 saturated heterocycles. The zero-order chi connectivity index (χ0) is 41.5. The Kier molecular flexibility index (Phi) is 9.40. The first-order valence-electron chi connectivity index (χ1n) is 21.4. The van der Waals surface area contributed by atoms with Crippen molar-refractivity contribution in [1.29, 1.82) is 0 Å². The molecular formula is C57H41N5. The third-order valence-corrected chi connectivity index (χ3v) is 12.9. The zero-order valence-electron chi connectivity index (χ0n) is 34.2. The Hall–Kier alpha value is -7.81. The summed E-state index contributed by atoms with van der Waals surface area (Å²) in [5.41, 5.74) is 18.1. The third-order valence-electron chi connectivity index (χ3n) is 12.9. The number of aromatic nitrogens is 4. The minimum atomic E-state index is 0.0499. The zero-order valence-corrected chi connectivity index (χ0v) is 34.2. The maximum atomic E-state index is 7.77. The number of fused-ring (bicyclic) bond motifs is 5. The Morgan fingerprint density at radius 3 is 1.61 bits per heavy atom. The lowest BCUT2D eigenvalue weighted by atomic mass is 9.67. The molecule has 1 spiro atoms. The van der Waals surface area contributed by atoms with Gasteiger partial charge in [0.05, 0.1) is 6.57 Å². The van der Waals surface area contributed by atoms with E-state index in [1.54, 1.807) is 6.20 Å². The van der Waals surface area contributed by atoms with Crippen LogP contribution in [0, 0.1) is 6.57 Å². The number of benzene rings is 7. The summed E-state index contributed by atoms with van der Waals surface area (Å²) in [6.07, 6.45) is 9.78. The fourth-order valence-corrected chi connectivity index (χ4v) is 9.78. The van der Waals surface area contributed by atoms with E-state index in [1.807, 2.05) is 48.7 Å². The van der Waals surface area contributed by atoms with Crippen molar-refractivity contribution in [3.8, 4) is 89.8 Å². The highest BCUT2D eigenvalue weighted by Gasteiger charge is 2.44. The molecular weight excluding hydrogens is 755 g/mol. The van der Waals surface area contributed by atoms with Crippen LogP contribution in [0.25, 0.3) is 94.6 Å². The van der Waals surface area contributed by atoms with Crippen LogP contribution in [-0.4, -0.2) is 19.9 Å². The standard InChI is InChI=1S/C57H41N5/c1-58-48-30-31-51-50(36-48)53-49(16-9-17-52(53)57(51)32-6-3-7-33-57)42-26-22-39(23-27-42)38-18-20-40(21-19-38)45-13-8-14-46(35-45)56-61-54(43-11-4-2-5-12-43)60-55(62-56)44-28-24-41(25-29-44)47-15-10-34-59-37-47/h2,4-5,8-31,34-37H,3,6-7,32-33H2. The Labute approximate surface area is 362 Å². The maximum Gasteiger partial charge on any atom is 0.187 e. The van der Waals surface area contributed by atoms with E-state index in [1.165, 1.54) is 71.0 Å². The summed E-state index contributed by atoms with van der Waals surface area (Å²) >= 11 is 0. The maximum absolute atomic E-state index is 7.77. The number of nitrogens with zero attached hydrogens (tertiary/aromatic N) is 5. The van der Waals surface area contributed by atoms with Crippen LogP contribution < -0.4 is 0 Å². The molecule has 1 fully saturated rings. The van der Waals surface area contributed by atoms with E-state index in [-0.39, 0.29) is 5.41 Å². The molecule has 0 bridgehead atoms. The molecule has 0 unspecified atom stereocenters. The van der Waals surface area contributed by atoms with Crippen molar-refractivity contribution < 1.29 is 0 Å². The van der Waals surface area contributed by atoms with E-state index in [0.717, 1.165) is 44.5 Å². The molecule has 0 radical (unpaired) electrons. The second-order valence-corrected chi connectivity index (χ2v) is 16.4. The average molecular weight is 796 g/mol. The molecule has 2 aromatic heterocycles. The van der Waals surface area contributed by atoms with Crippen molar-refractivity contribution >= 4 is 5.69 Å². The molecule has 11 rings (SSSR count). The molecule has 2 aliphatic rings. The van der Waals surface area contributed by atoms with E-state index >= 15 is 0 Å². The Bertz CT molecular complexity index is 3130. The highest BCUT2D eigenvalue weighted by molar-refractivity contribution is 5.94. The fourth-order valence-electron chi connectivity index (χ4n) is 9.78. The molecule has 9 aromatic rings. The van der Waals surface area contributed by atoms with Gasteiger partial charge < -0.3 is 0 Å². The van der Waals surface area contributed by atoms with Gasteiger partial charge in [0.25, 0.3) is 0 Å². The van der Waals surface area contributed by atoms with E-state index < -0.39 is 0 Å². The van der Waals surface area contributed by atoms with E-state index in [0.29, 0.717) is 23.2 Å². The summed E-state index contributed by atoms with van der Waals surface area (Å²) in [7, 11) is 0. The smallest absolute Gasteiger partial charge is 0.187 e. The molecule has 5 heteroatoms. The highest BCUT2D eigenvalue weighted by Crippen LogP contribution is 2.58. The summed E-state index contributed by atoms with van der Waals surface area (Å²) in [6, 6.07) is 61.9. The van der Waals surface area contributed by atoms with Gasteiger partial charge >= 0.3 is 0 Å². The highest BCUT2D eigenvalue weighted by atomic mass is 15.0. The van der Waals surface area contributed by atoms with Gasteiger partial charge in [-0.2, -0.15) is 0 Å². The van der Waals surface area contributed by atoms with Crippen molar-refractivity contribution in [3.05, 3.63) is 211 Å². The summed E-state index contributed by atoms with van der Waals surface area (Å²) in [5.74, 6) is 1.87. The van der Waals surface area contributed by atoms with Gasteiger partial charge in [-0.05, 0) is 97.8 Å². The summed E-state index contributed by atoms with van der Waals surface area (Å²) in [5, 5.41) is 0. The van der Waals surface area contributed by atoms with Crippen LogP contribution in [0.1, 0.15) is 43.2 Å². The van der Waals surface area contributed by atoms with Crippen molar-refractivity contribution in [2.75, 3.05) is 0 Å². The predicted molar refractivity (Wildman–Crippen MR) is 251 cm³/mol. The Morgan fingerprint density at radius 1 is 0.403 bits per heavy atom. The van der Waals surface area contributed by atoms with Crippen molar-refractivity contribution in [1.82, 2.24) is 19.9 Å². The first-order valence-corrected chi connectivity index (χ1v) is 21.4. The number of hydrogen-bond donors (Lipinski definition) is 0. The van der Waals surface area contributed by atoms with Gasteiger partial charge in [-0.15, -0.1) is 0 Å². The van der Waals surface area contributed by atoms with Crippen LogP contribution in [0.5, 0.6) is 0 Å². The number of hydrogen-bond acceptors (Lipinski definition) is 4. The Balaban J connectivity index is 0.886. The first kappa shape index (κ1) is 37.2. The lowest BCUT2D eigenvalue weighted by Gasteiger charge is -2.36. The lowest BCUT2D eigenvalue weighted by Crippen LogP contribution is -2.27. The van der Waals surface area contributed by atoms with Crippen LogP contribution in [0.2, 0.25) is 0 Å². The van der Waals surface area contributed by atoms with Crippen LogP contribution >= 0.6 is 0 Å². The minimum Gasteiger partial charge on any atom is -0.264 e. The molecule has 7 aromatic carbocycles. The molecule has 294 valence electrons. The summed E-state index contributed by atoms with van der Waals surface area (Å²) in [6.45, 7) is 7.77. The van der Waals surface area contributed by atoms with Gasteiger partial charge in [0.1, 0.15) is 0 Å². The molecule has 0 aliphatic heterocycles. The Morgan fingerprint density at radius 2 is 0.952 bits per heavy atom. The summed E-state index contributed by atoms with van der Waals surface area (Å²) < 4.78 is 0. The van der Waals surface area contributed by atoms with Crippen molar-refractivity contribution in [3.63, 3.8) is 0 Å². The molecule has 2 aliphatic carbocycles. The lowest BCUT2D eigenvalue weighted by molar-refractivity contribution is 0.353. The second-order valence-electron chi connectivity index (χ2n) is 16.4. The normalized spacial score (nSPS) is 13.6. The van der Waals surface area contributed by atoms with Crippen molar-refractivity contribution in [2.45, 2.75) is 37.5 Å².